The van der Waals surface area contributed by atoms with Crippen LogP contribution in [0.25, 0.3) is 0 Å². The lowest BCUT2D eigenvalue weighted by Gasteiger charge is -2.36. The molecule has 1 aromatic heterocycles. The van der Waals surface area contributed by atoms with Gasteiger partial charge in [-0.1, -0.05) is 18.2 Å². The van der Waals surface area contributed by atoms with E-state index in [2.05, 4.69) is 21.3 Å². The van der Waals surface area contributed by atoms with E-state index < -0.39 is 18.5 Å². The molecule has 1 aliphatic rings. The third-order valence-electron chi connectivity index (χ3n) is 6.33. The van der Waals surface area contributed by atoms with Crippen molar-refractivity contribution in [3.63, 3.8) is 0 Å². The molecule has 37 heavy (non-hydrogen) atoms. The Bertz CT molecular complexity index is 1150. The summed E-state index contributed by atoms with van der Waals surface area (Å²) in [4.78, 5) is 25.4. The van der Waals surface area contributed by atoms with Gasteiger partial charge in [-0.05, 0) is 50.6 Å². The minimum Gasteiger partial charge on any atom is -0.389 e. The minimum atomic E-state index is -0.898. The van der Waals surface area contributed by atoms with Crippen LogP contribution in [-0.2, 0) is 23.1 Å². The molecule has 200 valence electrons. The molecule has 10 heteroatoms. The number of rotatable bonds is 9. The van der Waals surface area contributed by atoms with Crippen molar-refractivity contribution in [2.45, 2.75) is 58.3 Å². The quantitative estimate of drug-likeness (QED) is 0.224. The number of carbonyl (C=O) groups excluding carboxylic acids is 2. The van der Waals surface area contributed by atoms with Gasteiger partial charge in [0.1, 0.15) is 5.69 Å². The van der Waals surface area contributed by atoms with Crippen LogP contribution in [0.4, 0.5) is 11.4 Å². The van der Waals surface area contributed by atoms with Gasteiger partial charge in [0.25, 0.3) is 11.8 Å². The second-order valence-electron chi connectivity index (χ2n) is 9.16. The summed E-state index contributed by atoms with van der Waals surface area (Å²) < 4.78 is 6.88. The van der Waals surface area contributed by atoms with Gasteiger partial charge in [-0.25, -0.2) is 0 Å². The van der Waals surface area contributed by atoms with Crippen LogP contribution in [-0.4, -0.2) is 58.2 Å². The molecule has 1 aromatic carbocycles. The summed E-state index contributed by atoms with van der Waals surface area (Å²) in [5.41, 5.74) is 3.87. The molecule has 4 unspecified atom stereocenters. The summed E-state index contributed by atoms with van der Waals surface area (Å²) in [6.45, 7) is 5.83. The molecule has 6 N–H and O–H groups in total. The van der Waals surface area contributed by atoms with Crippen molar-refractivity contribution in [2.75, 3.05) is 17.7 Å². The number of allylic oxidation sites excluding steroid dienone is 2. The Kier molecular flexibility index (Phi) is 9.65. The van der Waals surface area contributed by atoms with Crippen LogP contribution in [0.15, 0.2) is 60.0 Å². The van der Waals surface area contributed by atoms with Crippen molar-refractivity contribution in [2.24, 2.45) is 7.05 Å². The Labute approximate surface area is 217 Å². The molecule has 4 atom stereocenters. The normalized spacial score (nSPS) is 22.5. The van der Waals surface area contributed by atoms with Crippen molar-refractivity contribution in [1.82, 2.24) is 15.2 Å². The number of aromatic nitrogens is 1. The Morgan fingerprint density at radius 2 is 1.86 bits per heavy atom. The highest BCUT2D eigenvalue weighted by Gasteiger charge is 2.33. The number of amides is 2. The number of benzene rings is 1. The molecular formula is C27H37N5O5. The number of nitrogens with zero attached hydrogens (tertiary/aromatic N) is 1. The first-order valence-corrected chi connectivity index (χ1v) is 12.3. The lowest BCUT2D eigenvalue weighted by molar-refractivity contribution is -0.202. The summed E-state index contributed by atoms with van der Waals surface area (Å²) in [7, 11) is 3.53. The van der Waals surface area contributed by atoms with Crippen LogP contribution in [0.1, 0.15) is 43.2 Å². The number of aliphatic hydroxyl groups is 2. The fourth-order valence-corrected chi connectivity index (χ4v) is 4.11. The van der Waals surface area contributed by atoms with Gasteiger partial charge in [0.15, 0.2) is 6.29 Å². The van der Waals surface area contributed by atoms with Crippen LogP contribution in [0, 0.1) is 0 Å². The minimum absolute atomic E-state index is 0.256. The Hall–Kier alpha value is -3.44. The van der Waals surface area contributed by atoms with Crippen molar-refractivity contribution in [3.8, 4) is 0 Å². The van der Waals surface area contributed by atoms with Crippen molar-refractivity contribution < 1.29 is 24.5 Å². The molecule has 0 radical (unpaired) electrons. The smallest absolute Gasteiger partial charge is 0.272 e. The Morgan fingerprint density at radius 1 is 1.16 bits per heavy atom. The molecule has 10 nitrogen and oxygen atoms in total. The number of aryl methyl sites for hydroxylation is 1. The lowest BCUT2D eigenvalue weighted by atomic mass is 9.99. The van der Waals surface area contributed by atoms with Gasteiger partial charge >= 0.3 is 0 Å². The number of hydrogen-bond acceptors (Lipinski definition) is 7. The maximum Gasteiger partial charge on any atom is 0.272 e. The maximum absolute atomic E-state index is 12.9. The van der Waals surface area contributed by atoms with E-state index in [1.54, 1.807) is 63.0 Å². The maximum atomic E-state index is 12.9. The number of aliphatic hydroxyl groups excluding tert-OH is 2. The molecule has 2 heterocycles. The van der Waals surface area contributed by atoms with Crippen LogP contribution < -0.4 is 21.3 Å². The SMILES string of the molecule is C/C=C(\C=C(/C)C(=O)Nc1cc(C(=O)Nc2ccc(CNC3CC(O)OC(C)C3O)cc2)n(C)c1)NC. The molecule has 0 saturated carbocycles. The molecule has 0 aliphatic carbocycles. The largest absolute Gasteiger partial charge is 0.389 e. The molecule has 3 rings (SSSR count). The predicted octanol–water partition coefficient (Wildman–Crippen LogP) is 2.23. The average molecular weight is 512 g/mol. The third-order valence-corrected chi connectivity index (χ3v) is 6.33. The van der Waals surface area contributed by atoms with E-state index in [4.69, 9.17) is 4.74 Å². The number of anilines is 2. The third kappa shape index (κ3) is 7.53. The van der Waals surface area contributed by atoms with E-state index in [1.165, 1.54) is 0 Å². The predicted molar refractivity (Wildman–Crippen MR) is 143 cm³/mol. The van der Waals surface area contributed by atoms with Crippen molar-refractivity contribution in [3.05, 3.63) is 71.2 Å². The highest BCUT2D eigenvalue weighted by molar-refractivity contribution is 6.06. The number of hydrogen-bond donors (Lipinski definition) is 6. The standard InChI is InChI=1S/C27H37N5O5/c1-6-19(28-4)11-16(2)26(35)31-21-12-23(32(5)15-21)27(36)30-20-9-7-18(8-10-20)14-29-22-13-24(33)37-17(3)25(22)34/h6-12,15,17,22,24-25,28-29,33-34H,13-14H2,1-5H3,(H,30,36)(H,31,35)/b16-11+,19-6+. The lowest BCUT2D eigenvalue weighted by Crippen LogP contribution is -2.53. The summed E-state index contributed by atoms with van der Waals surface area (Å²) in [5, 5.41) is 32.0. The molecule has 0 spiro atoms. The Morgan fingerprint density at radius 3 is 2.51 bits per heavy atom. The Balaban J connectivity index is 1.57. The van der Waals surface area contributed by atoms with Crippen molar-refractivity contribution >= 4 is 23.2 Å². The van der Waals surface area contributed by atoms with Crippen LogP contribution in [0.2, 0.25) is 0 Å². The monoisotopic (exact) mass is 511 g/mol. The van der Waals surface area contributed by atoms with Gasteiger partial charge in [-0.15, -0.1) is 0 Å². The first kappa shape index (κ1) is 28.1. The number of nitrogens with one attached hydrogen (secondary N) is 4. The van der Waals surface area contributed by atoms with E-state index in [-0.39, 0.29) is 17.9 Å². The van der Waals surface area contributed by atoms with E-state index in [0.717, 1.165) is 11.3 Å². The highest BCUT2D eigenvalue weighted by Crippen LogP contribution is 2.20. The number of carbonyl (C=O) groups is 2. The second-order valence-corrected chi connectivity index (χ2v) is 9.16. The first-order valence-electron chi connectivity index (χ1n) is 12.3. The zero-order valence-electron chi connectivity index (χ0n) is 21.9. The molecule has 2 aromatic rings. The van der Waals surface area contributed by atoms with E-state index in [0.29, 0.717) is 35.6 Å². The molecule has 1 fully saturated rings. The van der Waals surface area contributed by atoms with Crippen molar-refractivity contribution in [1.29, 1.82) is 0 Å². The van der Waals surface area contributed by atoms with Gasteiger partial charge < -0.3 is 40.8 Å². The number of likely N-dealkylation sites (N-methyl/N-ethyl adjacent to an activating group) is 1. The van der Waals surface area contributed by atoms with Gasteiger partial charge in [0, 0.05) is 56.3 Å². The zero-order chi connectivity index (χ0) is 27.1. The first-order chi connectivity index (χ1) is 17.6. The summed E-state index contributed by atoms with van der Waals surface area (Å²) in [5.74, 6) is -0.561. The fourth-order valence-electron chi connectivity index (χ4n) is 4.11. The number of ether oxygens (including phenoxy) is 1. The molecule has 0 bridgehead atoms. The molecule has 2 amide bonds. The summed E-state index contributed by atoms with van der Waals surface area (Å²) >= 11 is 0. The van der Waals surface area contributed by atoms with E-state index in [9.17, 15) is 19.8 Å². The summed E-state index contributed by atoms with van der Waals surface area (Å²) in [6, 6.07) is 8.70. The molecular weight excluding hydrogens is 474 g/mol. The molecule has 1 saturated heterocycles. The molecule has 1 aliphatic heterocycles. The van der Waals surface area contributed by atoms with Gasteiger partial charge in [-0.2, -0.15) is 0 Å². The average Bonchev–Trinajstić information content (AvgIpc) is 3.24. The van der Waals surface area contributed by atoms with E-state index >= 15 is 0 Å². The highest BCUT2D eigenvalue weighted by atomic mass is 16.6. The van der Waals surface area contributed by atoms with Crippen LogP contribution in [0.5, 0.6) is 0 Å². The van der Waals surface area contributed by atoms with Gasteiger partial charge in [0.05, 0.1) is 17.9 Å². The van der Waals surface area contributed by atoms with Gasteiger partial charge in [0.2, 0.25) is 0 Å². The van der Waals surface area contributed by atoms with Crippen LogP contribution in [0.3, 0.4) is 0 Å². The zero-order valence-corrected chi connectivity index (χ0v) is 21.9. The van der Waals surface area contributed by atoms with Crippen LogP contribution >= 0.6 is 0 Å². The van der Waals surface area contributed by atoms with Gasteiger partial charge in [-0.3, -0.25) is 9.59 Å². The van der Waals surface area contributed by atoms with E-state index in [1.807, 2.05) is 25.1 Å². The summed E-state index contributed by atoms with van der Waals surface area (Å²) in [6.07, 6.45) is 3.56. The fraction of sp³-hybridized carbons (Fsp3) is 0.407. The topological polar surface area (TPSA) is 137 Å². The second kappa shape index (κ2) is 12.7.